The van der Waals surface area contributed by atoms with E-state index in [0.717, 1.165) is 0 Å². The van der Waals surface area contributed by atoms with Crippen molar-refractivity contribution in [2.75, 3.05) is 20.3 Å². The van der Waals surface area contributed by atoms with E-state index >= 15 is 0 Å². The number of thioether (sulfide) groups is 1. The molecule has 94 valence electrons. The van der Waals surface area contributed by atoms with Crippen molar-refractivity contribution in [2.45, 2.75) is 30.8 Å². The van der Waals surface area contributed by atoms with Crippen LogP contribution in [0.25, 0.3) is 0 Å². The van der Waals surface area contributed by atoms with E-state index in [4.69, 9.17) is 9.84 Å². The minimum absolute atomic E-state index is 0.0688. The van der Waals surface area contributed by atoms with Crippen molar-refractivity contribution in [3.63, 3.8) is 0 Å². The number of carboxylic acids is 1. The lowest BCUT2D eigenvalue weighted by Gasteiger charge is -2.15. The molecule has 0 saturated heterocycles. The van der Waals surface area contributed by atoms with Gasteiger partial charge in [0.15, 0.2) is 0 Å². The predicted molar refractivity (Wildman–Crippen MR) is 63.7 cm³/mol. The van der Waals surface area contributed by atoms with Crippen LogP contribution >= 0.6 is 11.8 Å². The van der Waals surface area contributed by atoms with Crippen LogP contribution < -0.4 is 5.32 Å². The molecule has 2 unspecified atom stereocenters. The summed E-state index contributed by atoms with van der Waals surface area (Å²) in [7, 11) is 1.57. The fourth-order valence-electron chi connectivity index (χ4n) is 1.12. The number of methoxy groups -OCH3 is 1. The molecule has 0 aliphatic heterocycles. The fourth-order valence-corrected chi connectivity index (χ4v) is 2.27. The Morgan fingerprint density at radius 2 is 2.06 bits per heavy atom. The minimum Gasteiger partial charge on any atom is -0.481 e. The van der Waals surface area contributed by atoms with Gasteiger partial charge >= 0.3 is 5.97 Å². The van der Waals surface area contributed by atoms with Gasteiger partial charge in [0.05, 0.1) is 18.3 Å². The number of aliphatic carboxylic acids is 1. The fraction of sp³-hybridized carbons (Fsp3) is 0.800. The van der Waals surface area contributed by atoms with Crippen LogP contribution in [0.1, 0.15) is 20.3 Å². The summed E-state index contributed by atoms with van der Waals surface area (Å²) in [6.45, 7) is 4.53. The van der Waals surface area contributed by atoms with Gasteiger partial charge in [-0.15, -0.1) is 11.8 Å². The number of hydrogen-bond acceptors (Lipinski definition) is 4. The number of carbonyl (C=O) groups is 2. The second kappa shape index (κ2) is 8.41. The summed E-state index contributed by atoms with van der Waals surface area (Å²) in [5.74, 6) is -0.925. The summed E-state index contributed by atoms with van der Waals surface area (Å²) in [5, 5.41) is 11.0. The number of nitrogens with one attached hydrogen (secondary N) is 1. The number of carbonyl (C=O) groups excluding carboxylic acids is 1. The molecule has 0 aromatic rings. The average molecular weight is 249 g/mol. The third-order valence-corrected chi connectivity index (χ3v) is 3.13. The first-order valence-electron chi connectivity index (χ1n) is 5.11. The number of hydrogen-bond donors (Lipinski definition) is 2. The Hall–Kier alpha value is -0.750. The second-order valence-electron chi connectivity index (χ2n) is 3.47. The van der Waals surface area contributed by atoms with Gasteiger partial charge in [-0.3, -0.25) is 9.59 Å². The smallest absolute Gasteiger partial charge is 0.304 e. The molecule has 0 aromatic heterocycles. The Labute approximate surface area is 99.9 Å². The van der Waals surface area contributed by atoms with Crippen LogP contribution in [-0.4, -0.2) is 47.7 Å². The van der Waals surface area contributed by atoms with Gasteiger partial charge < -0.3 is 15.2 Å². The first kappa shape index (κ1) is 15.2. The first-order valence-corrected chi connectivity index (χ1v) is 6.05. The van der Waals surface area contributed by atoms with Crippen LogP contribution in [0.15, 0.2) is 0 Å². The lowest BCUT2D eigenvalue weighted by molar-refractivity contribution is -0.136. The molecule has 2 N–H and O–H groups in total. The number of amides is 1. The summed E-state index contributed by atoms with van der Waals surface area (Å²) in [4.78, 5) is 21.9. The topological polar surface area (TPSA) is 75.6 Å². The van der Waals surface area contributed by atoms with E-state index in [9.17, 15) is 9.59 Å². The van der Waals surface area contributed by atoms with Crippen LogP contribution in [0, 0.1) is 0 Å². The lowest BCUT2D eigenvalue weighted by atomic mass is 10.3. The van der Waals surface area contributed by atoms with Gasteiger partial charge in [0.25, 0.3) is 0 Å². The third-order valence-electron chi connectivity index (χ3n) is 1.87. The van der Waals surface area contributed by atoms with Gasteiger partial charge in [0.2, 0.25) is 5.91 Å². The van der Waals surface area contributed by atoms with Gasteiger partial charge in [-0.05, 0) is 6.92 Å². The summed E-state index contributed by atoms with van der Waals surface area (Å²) in [5.41, 5.74) is 0. The zero-order valence-corrected chi connectivity index (χ0v) is 10.7. The minimum atomic E-state index is -0.841. The van der Waals surface area contributed by atoms with E-state index in [1.54, 1.807) is 21.0 Å². The molecular weight excluding hydrogens is 230 g/mol. The van der Waals surface area contributed by atoms with Gasteiger partial charge in [-0.2, -0.15) is 0 Å². The Bertz CT molecular complexity index is 235. The Morgan fingerprint density at radius 1 is 1.44 bits per heavy atom. The molecule has 16 heavy (non-hydrogen) atoms. The van der Waals surface area contributed by atoms with E-state index in [-0.39, 0.29) is 22.8 Å². The molecule has 1 amide bonds. The Kier molecular flexibility index (Phi) is 8.01. The van der Waals surface area contributed by atoms with Crippen molar-refractivity contribution in [3.05, 3.63) is 0 Å². The molecule has 0 aliphatic carbocycles. The first-order chi connectivity index (χ1) is 7.47. The highest BCUT2D eigenvalue weighted by Crippen LogP contribution is 2.20. The van der Waals surface area contributed by atoms with Gasteiger partial charge in [-0.25, -0.2) is 0 Å². The van der Waals surface area contributed by atoms with Crippen molar-refractivity contribution in [1.82, 2.24) is 5.32 Å². The SMILES string of the molecule is COCCNC(=O)C(C)SC(C)CC(=O)O. The molecular formula is C10H19NO4S. The molecule has 6 heteroatoms. The van der Waals surface area contributed by atoms with Crippen molar-refractivity contribution >= 4 is 23.6 Å². The van der Waals surface area contributed by atoms with Crippen LogP contribution in [0.2, 0.25) is 0 Å². The van der Waals surface area contributed by atoms with Crippen LogP contribution in [-0.2, 0) is 14.3 Å². The van der Waals surface area contributed by atoms with Gasteiger partial charge in [-0.1, -0.05) is 6.92 Å². The molecule has 0 spiro atoms. The number of ether oxygens (including phenoxy) is 1. The summed E-state index contributed by atoms with van der Waals surface area (Å²) in [6, 6.07) is 0. The number of carboxylic acid groups (broad SMARTS) is 1. The molecule has 0 aromatic carbocycles. The summed E-state index contributed by atoms with van der Waals surface area (Å²) >= 11 is 1.36. The number of rotatable bonds is 8. The second-order valence-corrected chi connectivity index (χ2v) is 5.25. The van der Waals surface area contributed by atoms with E-state index < -0.39 is 5.97 Å². The van der Waals surface area contributed by atoms with Crippen LogP contribution in [0.5, 0.6) is 0 Å². The molecule has 5 nitrogen and oxygen atoms in total. The molecule has 0 heterocycles. The van der Waals surface area contributed by atoms with Gasteiger partial charge in [0, 0.05) is 18.9 Å². The maximum atomic E-state index is 11.5. The third kappa shape index (κ3) is 7.53. The van der Waals surface area contributed by atoms with Crippen LogP contribution in [0.3, 0.4) is 0 Å². The summed E-state index contributed by atoms with van der Waals surface area (Å²) < 4.78 is 4.81. The molecule has 0 saturated carbocycles. The molecule has 0 aliphatic rings. The maximum Gasteiger partial charge on any atom is 0.304 e. The maximum absolute atomic E-state index is 11.5. The van der Waals surface area contributed by atoms with E-state index in [2.05, 4.69) is 5.32 Å². The lowest BCUT2D eigenvalue weighted by Crippen LogP contribution is -2.34. The van der Waals surface area contributed by atoms with Gasteiger partial charge in [0.1, 0.15) is 0 Å². The zero-order chi connectivity index (χ0) is 12.6. The van der Waals surface area contributed by atoms with Crippen molar-refractivity contribution in [2.24, 2.45) is 0 Å². The quantitative estimate of drug-likeness (QED) is 0.620. The highest BCUT2D eigenvalue weighted by molar-refractivity contribution is 8.01. The average Bonchev–Trinajstić information content (AvgIpc) is 2.16. The molecule has 0 bridgehead atoms. The molecule has 0 radical (unpaired) electrons. The largest absolute Gasteiger partial charge is 0.481 e. The predicted octanol–water partition coefficient (Wildman–Crippen LogP) is 0.734. The monoisotopic (exact) mass is 249 g/mol. The van der Waals surface area contributed by atoms with Crippen molar-refractivity contribution in [3.8, 4) is 0 Å². The normalized spacial score (nSPS) is 14.2. The highest BCUT2D eigenvalue weighted by atomic mass is 32.2. The van der Waals surface area contributed by atoms with Crippen molar-refractivity contribution in [1.29, 1.82) is 0 Å². The van der Waals surface area contributed by atoms with Crippen LogP contribution in [0.4, 0.5) is 0 Å². The zero-order valence-electron chi connectivity index (χ0n) is 9.86. The highest BCUT2D eigenvalue weighted by Gasteiger charge is 2.17. The van der Waals surface area contributed by atoms with E-state index in [1.807, 2.05) is 0 Å². The standard InChI is InChI=1S/C10H19NO4S/c1-7(6-9(12)13)16-8(2)10(14)11-4-5-15-3/h7-8H,4-6H2,1-3H3,(H,11,14)(H,12,13). The molecule has 0 fully saturated rings. The Morgan fingerprint density at radius 3 is 2.56 bits per heavy atom. The van der Waals surface area contributed by atoms with E-state index in [1.165, 1.54) is 11.8 Å². The summed E-state index contributed by atoms with van der Waals surface area (Å²) in [6.07, 6.45) is 0.0698. The molecule has 2 atom stereocenters. The van der Waals surface area contributed by atoms with Crippen molar-refractivity contribution < 1.29 is 19.4 Å². The molecule has 0 rings (SSSR count). The van der Waals surface area contributed by atoms with E-state index in [0.29, 0.717) is 13.2 Å². The Balaban J connectivity index is 3.81.